The lowest BCUT2D eigenvalue weighted by Gasteiger charge is -2.14. The molecule has 5 aromatic rings. The number of fused-ring (bicyclic) bond motifs is 2. The first-order valence-corrected chi connectivity index (χ1v) is 12.7. The molecule has 3 heterocycles. The number of hydrogen-bond acceptors (Lipinski definition) is 5. The van der Waals surface area contributed by atoms with Gasteiger partial charge in [0.25, 0.3) is 0 Å². The molecular formula is C27H24N4O2S. The first-order valence-electron chi connectivity index (χ1n) is 11.5. The molecule has 170 valence electrons. The maximum absolute atomic E-state index is 11.7. The van der Waals surface area contributed by atoms with E-state index in [0.29, 0.717) is 10.3 Å². The molecule has 0 spiro atoms. The van der Waals surface area contributed by atoms with Crippen molar-refractivity contribution in [2.24, 2.45) is 0 Å². The van der Waals surface area contributed by atoms with Crippen molar-refractivity contribution in [3.05, 3.63) is 84.8 Å². The average molecular weight is 469 g/mol. The first kappa shape index (κ1) is 21.2. The van der Waals surface area contributed by atoms with Crippen LogP contribution in [0.5, 0.6) is 0 Å². The van der Waals surface area contributed by atoms with Gasteiger partial charge >= 0.3 is 0 Å². The molecule has 1 fully saturated rings. The summed E-state index contributed by atoms with van der Waals surface area (Å²) >= 11 is -2.68. The molecule has 1 aliphatic rings. The van der Waals surface area contributed by atoms with Gasteiger partial charge in [0, 0.05) is 35.5 Å². The van der Waals surface area contributed by atoms with Gasteiger partial charge in [-0.15, -0.1) is 4.21 Å². The molecule has 0 bridgehead atoms. The third-order valence-corrected chi connectivity index (χ3v) is 7.42. The molecule has 0 saturated carbocycles. The SMILES string of the molecule is O=[SH+]([O-])c1ccc(-c2cnn3cc(-c4ccc(CN5CCCC5)cc4)cnc23)c2ccccc12. The van der Waals surface area contributed by atoms with Gasteiger partial charge in [0.2, 0.25) is 0 Å². The second-order valence-corrected chi connectivity index (χ2v) is 9.78. The minimum Gasteiger partial charge on any atom is -0.612 e. The van der Waals surface area contributed by atoms with Crippen LogP contribution in [0.15, 0.2) is 84.1 Å². The van der Waals surface area contributed by atoms with Crippen LogP contribution in [-0.4, -0.2) is 37.1 Å². The van der Waals surface area contributed by atoms with Crippen LogP contribution < -0.4 is 0 Å². The third-order valence-electron chi connectivity index (χ3n) is 6.64. The Morgan fingerprint density at radius 1 is 0.853 bits per heavy atom. The summed E-state index contributed by atoms with van der Waals surface area (Å²) in [5.74, 6) is 0. The van der Waals surface area contributed by atoms with Crippen LogP contribution in [-0.2, 0) is 21.8 Å². The minimum atomic E-state index is -2.68. The zero-order valence-corrected chi connectivity index (χ0v) is 19.5. The summed E-state index contributed by atoms with van der Waals surface area (Å²) in [6, 6.07) is 19.7. The largest absolute Gasteiger partial charge is 0.612 e. The standard InChI is InChI=1S/C27H24N4O2S/c32-34(33)26-12-11-23(22-5-1-2-6-24(22)26)25-16-29-31-18-21(15-28-27(25)31)20-9-7-19(8-10-20)17-30-13-3-4-14-30/h1-2,5-12,15-16,18,34H,3-4,13-14,17H2. The molecule has 0 N–H and O–H groups in total. The van der Waals surface area contributed by atoms with Crippen LogP contribution in [0.25, 0.3) is 38.7 Å². The molecule has 1 aliphatic heterocycles. The number of aromatic nitrogens is 3. The van der Waals surface area contributed by atoms with E-state index in [1.807, 2.05) is 42.7 Å². The second kappa shape index (κ2) is 8.76. The molecule has 2 aromatic heterocycles. The Hall–Kier alpha value is -3.39. The lowest BCUT2D eigenvalue weighted by molar-refractivity contribution is 0.331. The normalized spacial score (nSPS) is 15.3. The number of hydrogen-bond donors (Lipinski definition) is 0. The molecule has 0 aliphatic carbocycles. The van der Waals surface area contributed by atoms with Crippen molar-refractivity contribution in [3.8, 4) is 22.3 Å². The van der Waals surface area contributed by atoms with Crippen LogP contribution in [0.4, 0.5) is 0 Å². The van der Waals surface area contributed by atoms with Crippen LogP contribution in [0.3, 0.4) is 0 Å². The van der Waals surface area contributed by atoms with E-state index in [1.54, 1.807) is 16.8 Å². The van der Waals surface area contributed by atoms with Gasteiger partial charge < -0.3 is 4.55 Å². The Labute approximate surface area is 200 Å². The van der Waals surface area contributed by atoms with Crippen molar-refractivity contribution in [2.45, 2.75) is 24.3 Å². The lowest BCUT2D eigenvalue weighted by atomic mass is 10.00. The number of nitrogens with zero attached hydrogens (tertiary/aromatic N) is 4. The zero-order valence-electron chi connectivity index (χ0n) is 18.6. The Bertz CT molecular complexity index is 1520. The number of likely N-dealkylation sites (tertiary alicyclic amines) is 1. The fourth-order valence-electron chi connectivity index (χ4n) is 4.89. The molecule has 3 aromatic carbocycles. The van der Waals surface area contributed by atoms with Crippen molar-refractivity contribution in [2.75, 3.05) is 13.1 Å². The monoisotopic (exact) mass is 468 g/mol. The smallest absolute Gasteiger partial charge is 0.162 e. The molecule has 34 heavy (non-hydrogen) atoms. The fraction of sp³-hybridized carbons (Fsp3) is 0.185. The molecular weight excluding hydrogens is 444 g/mol. The second-order valence-electron chi connectivity index (χ2n) is 8.78. The lowest BCUT2D eigenvalue weighted by Crippen LogP contribution is -2.18. The van der Waals surface area contributed by atoms with Crippen LogP contribution >= 0.6 is 0 Å². The number of benzene rings is 3. The molecule has 0 radical (unpaired) electrons. The molecule has 1 unspecified atom stereocenters. The van der Waals surface area contributed by atoms with E-state index in [9.17, 15) is 8.76 Å². The summed E-state index contributed by atoms with van der Waals surface area (Å²) in [5, 5.41) is 6.14. The van der Waals surface area contributed by atoms with Gasteiger partial charge in [0.15, 0.2) is 10.5 Å². The Kier molecular flexibility index (Phi) is 5.45. The predicted molar refractivity (Wildman–Crippen MR) is 134 cm³/mol. The van der Waals surface area contributed by atoms with E-state index < -0.39 is 11.1 Å². The third kappa shape index (κ3) is 3.81. The van der Waals surface area contributed by atoms with E-state index in [2.05, 4.69) is 34.3 Å². The van der Waals surface area contributed by atoms with Crippen LogP contribution in [0, 0.1) is 0 Å². The predicted octanol–water partition coefficient (Wildman–Crippen LogP) is 5.00. The van der Waals surface area contributed by atoms with E-state index in [1.165, 1.54) is 31.5 Å². The van der Waals surface area contributed by atoms with Gasteiger partial charge in [0.05, 0.1) is 17.3 Å². The summed E-state index contributed by atoms with van der Waals surface area (Å²) in [4.78, 5) is 7.56. The molecule has 6 nitrogen and oxygen atoms in total. The van der Waals surface area contributed by atoms with Gasteiger partial charge in [-0.2, -0.15) is 5.10 Å². The maximum Gasteiger partial charge on any atom is 0.162 e. The quantitative estimate of drug-likeness (QED) is 0.268. The highest BCUT2D eigenvalue weighted by atomic mass is 32.2. The fourth-order valence-corrected chi connectivity index (χ4v) is 5.48. The summed E-state index contributed by atoms with van der Waals surface area (Å²) < 4.78 is 25.2. The van der Waals surface area contributed by atoms with Crippen molar-refractivity contribution in [1.29, 1.82) is 0 Å². The van der Waals surface area contributed by atoms with Gasteiger partial charge in [-0.1, -0.05) is 42.5 Å². The summed E-state index contributed by atoms with van der Waals surface area (Å²) in [5.41, 5.74) is 5.95. The van der Waals surface area contributed by atoms with Crippen molar-refractivity contribution < 1.29 is 8.76 Å². The van der Waals surface area contributed by atoms with Crippen molar-refractivity contribution in [1.82, 2.24) is 19.5 Å². The van der Waals surface area contributed by atoms with E-state index in [0.717, 1.165) is 39.8 Å². The summed E-state index contributed by atoms with van der Waals surface area (Å²) in [7, 11) is 0. The van der Waals surface area contributed by atoms with E-state index in [-0.39, 0.29) is 0 Å². The highest BCUT2D eigenvalue weighted by molar-refractivity contribution is 7.79. The maximum atomic E-state index is 11.7. The molecule has 0 amide bonds. The van der Waals surface area contributed by atoms with Gasteiger partial charge in [-0.25, -0.2) is 9.50 Å². The van der Waals surface area contributed by atoms with Crippen LogP contribution in [0.1, 0.15) is 18.4 Å². The minimum absolute atomic E-state index is 0.328. The summed E-state index contributed by atoms with van der Waals surface area (Å²) in [6.45, 7) is 3.39. The number of thiol groups is 1. The molecule has 1 atom stereocenters. The molecule has 6 rings (SSSR count). The molecule has 1 saturated heterocycles. The Morgan fingerprint density at radius 2 is 1.62 bits per heavy atom. The zero-order chi connectivity index (χ0) is 23.1. The first-order chi connectivity index (χ1) is 16.7. The van der Waals surface area contributed by atoms with E-state index >= 15 is 0 Å². The topological polar surface area (TPSA) is 73.6 Å². The average Bonchev–Trinajstić information content (AvgIpc) is 3.53. The summed E-state index contributed by atoms with van der Waals surface area (Å²) in [6.07, 6.45) is 8.26. The van der Waals surface area contributed by atoms with E-state index in [4.69, 9.17) is 4.98 Å². The van der Waals surface area contributed by atoms with Crippen LogP contribution in [0.2, 0.25) is 0 Å². The highest BCUT2D eigenvalue weighted by Gasteiger charge is 2.16. The van der Waals surface area contributed by atoms with Gasteiger partial charge in [0.1, 0.15) is 0 Å². The van der Waals surface area contributed by atoms with Gasteiger partial charge in [-0.3, -0.25) is 4.90 Å². The van der Waals surface area contributed by atoms with Crippen molar-refractivity contribution >= 4 is 27.5 Å². The Balaban J connectivity index is 1.35. The van der Waals surface area contributed by atoms with Crippen molar-refractivity contribution in [3.63, 3.8) is 0 Å². The highest BCUT2D eigenvalue weighted by Crippen LogP contribution is 2.34. The Morgan fingerprint density at radius 3 is 2.38 bits per heavy atom. The molecule has 7 heteroatoms. The number of rotatable bonds is 5. The van der Waals surface area contributed by atoms with Gasteiger partial charge in [-0.05, 0) is 66.2 Å².